The molecule has 0 unspecified atom stereocenters. The van der Waals surface area contributed by atoms with Gasteiger partial charge in [0.2, 0.25) is 12.7 Å². The SMILES string of the molecule is CC(=O)N1CCN(CCn2c(Sc3cc4c(cc3Br)OCO4)nc3c(N)ncnc32)CC1. The van der Waals surface area contributed by atoms with Crippen molar-refractivity contribution in [3.63, 3.8) is 0 Å². The molecule has 1 saturated heterocycles. The number of hydrogen-bond donors (Lipinski definition) is 1. The second-order valence-electron chi connectivity index (χ2n) is 7.56. The van der Waals surface area contributed by atoms with Crippen LogP contribution in [0.1, 0.15) is 6.92 Å². The van der Waals surface area contributed by atoms with Gasteiger partial charge in [0.25, 0.3) is 0 Å². The lowest BCUT2D eigenvalue weighted by molar-refractivity contribution is -0.130. The van der Waals surface area contributed by atoms with Crippen LogP contribution < -0.4 is 15.2 Å². The van der Waals surface area contributed by atoms with Gasteiger partial charge >= 0.3 is 0 Å². The van der Waals surface area contributed by atoms with Gasteiger partial charge in [-0.15, -0.1) is 0 Å². The van der Waals surface area contributed by atoms with E-state index in [1.807, 2.05) is 17.0 Å². The Hall–Kier alpha value is -2.57. The normalized spacial score (nSPS) is 16.1. The molecule has 32 heavy (non-hydrogen) atoms. The number of halogens is 1. The van der Waals surface area contributed by atoms with Crippen LogP contribution in [0.5, 0.6) is 11.5 Å². The van der Waals surface area contributed by atoms with Gasteiger partial charge < -0.3 is 24.7 Å². The molecule has 2 aliphatic rings. The van der Waals surface area contributed by atoms with E-state index in [1.54, 1.807) is 6.92 Å². The van der Waals surface area contributed by atoms with Gasteiger partial charge in [-0.05, 0) is 28.1 Å². The average Bonchev–Trinajstić information content (AvgIpc) is 3.37. The smallest absolute Gasteiger partial charge is 0.231 e. The second-order valence-corrected chi connectivity index (χ2v) is 9.43. The molecule has 5 rings (SSSR count). The summed E-state index contributed by atoms with van der Waals surface area (Å²) in [4.78, 5) is 30.1. The number of carbonyl (C=O) groups excluding carboxylic acids is 1. The third-order valence-electron chi connectivity index (χ3n) is 5.61. The molecule has 2 N–H and O–H groups in total. The number of fused-ring (bicyclic) bond motifs is 2. The van der Waals surface area contributed by atoms with Crippen LogP contribution >= 0.6 is 27.7 Å². The predicted octanol–water partition coefficient (Wildman–Crippen LogP) is 2.21. The van der Waals surface area contributed by atoms with E-state index in [0.717, 1.165) is 53.0 Å². The number of ether oxygens (including phenoxy) is 2. The van der Waals surface area contributed by atoms with Crippen molar-refractivity contribution in [2.24, 2.45) is 0 Å². The van der Waals surface area contributed by atoms with Crippen molar-refractivity contribution in [2.45, 2.75) is 23.5 Å². The Morgan fingerprint density at radius 3 is 2.66 bits per heavy atom. The fourth-order valence-corrected chi connectivity index (χ4v) is 5.33. The van der Waals surface area contributed by atoms with E-state index in [1.165, 1.54) is 18.1 Å². The van der Waals surface area contributed by atoms with Crippen LogP contribution in [0.4, 0.5) is 5.82 Å². The molecule has 0 aliphatic carbocycles. The third-order valence-corrected chi connectivity index (χ3v) is 7.58. The molecule has 3 aromatic rings. The molecule has 1 aromatic carbocycles. The number of nitrogen functional groups attached to an aromatic ring is 1. The Balaban J connectivity index is 1.40. The number of carbonyl (C=O) groups is 1. The number of nitrogens with two attached hydrogens (primary N) is 1. The Kier molecular flexibility index (Phi) is 5.82. The first-order valence-electron chi connectivity index (χ1n) is 10.2. The largest absolute Gasteiger partial charge is 0.454 e. The van der Waals surface area contributed by atoms with Gasteiger partial charge in [-0.1, -0.05) is 11.8 Å². The summed E-state index contributed by atoms with van der Waals surface area (Å²) >= 11 is 5.13. The molecule has 0 bridgehead atoms. The summed E-state index contributed by atoms with van der Waals surface area (Å²) in [6.45, 7) is 6.54. The zero-order valence-corrected chi connectivity index (χ0v) is 19.9. The lowest BCUT2D eigenvalue weighted by Crippen LogP contribution is -2.48. The number of nitrogens with zero attached hydrogens (tertiary/aromatic N) is 6. The monoisotopic (exact) mass is 519 g/mol. The van der Waals surface area contributed by atoms with E-state index < -0.39 is 0 Å². The van der Waals surface area contributed by atoms with Gasteiger partial charge in [0.1, 0.15) is 6.33 Å². The van der Waals surface area contributed by atoms with E-state index in [-0.39, 0.29) is 12.7 Å². The standard InChI is InChI=1S/C20H22BrN7O3S/c1-12(29)27-5-2-26(3-6-27)4-7-28-19-17(18(22)23-10-24-19)25-20(28)32-16-9-15-14(8-13(16)21)30-11-31-15/h8-10H,2-7,11H2,1H3,(H2,22,23,24). The molecule has 0 saturated carbocycles. The van der Waals surface area contributed by atoms with Crippen LogP contribution in [0.15, 0.2) is 33.0 Å². The van der Waals surface area contributed by atoms with Gasteiger partial charge in [-0.2, -0.15) is 0 Å². The first-order valence-corrected chi connectivity index (χ1v) is 11.8. The molecule has 12 heteroatoms. The molecular weight excluding hydrogens is 498 g/mol. The van der Waals surface area contributed by atoms with Gasteiger partial charge in [0, 0.05) is 55.6 Å². The van der Waals surface area contributed by atoms with Gasteiger partial charge in [0.05, 0.1) is 0 Å². The molecule has 168 valence electrons. The molecular formula is C20H22BrN7O3S. The van der Waals surface area contributed by atoms with Crippen molar-refractivity contribution in [1.82, 2.24) is 29.3 Å². The van der Waals surface area contributed by atoms with Crippen molar-refractivity contribution < 1.29 is 14.3 Å². The highest BCUT2D eigenvalue weighted by Crippen LogP contribution is 2.43. The number of hydrogen-bond acceptors (Lipinski definition) is 9. The lowest BCUT2D eigenvalue weighted by atomic mass is 10.3. The first-order chi connectivity index (χ1) is 15.5. The zero-order chi connectivity index (χ0) is 22.2. The highest BCUT2D eigenvalue weighted by molar-refractivity contribution is 9.10. The average molecular weight is 520 g/mol. The van der Waals surface area contributed by atoms with Crippen molar-refractivity contribution in [1.29, 1.82) is 0 Å². The van der Waals surface area contributed by atoms with Crippen molar-refractivity contribution >= 4 is 50.6 Å². The number of aromatic nitrogens is 4. The molecule has 0 radical (unpaired) electrons. The fraction of sp³-hybridized carbons (Fsp3) is 0.400. The molecule has 2 aliphatic heterocycles. The maximum Gasteiger partial charge on any atom is 0.231 e. The van der Waals surface area contributed by atoms with Crippen molar-refractivity contribution in [2.75, 3.05) is 45.3 Å². The topological polar surface area (TPSA) is 112 Å². The van der Waals surface area contributed by atoms with Crippen LogP contribution in [0.3, 0.4) is 0 Å². The number of rotatable bonds is 5. The van der Waals surface area contributed by atoms with Crippen LogP contribution in [-0.4, -0.2) is 74.7 Å². The minimum atomic E-state index is 0.130. The highest BCUT2D eigenvalue weighted by Gasteiger charge is 2.22. The molecule has 2 aromatic heterocycles. The van der Waals surface area contributed by atoms with E-state index in [0.29, 0.717) is 29.3 Å². The summed E-state index contributed by atoms with van der Waals surface area (Å²) < 4.78 is 14.0. The Bertz CT molecular complexity index is 1180. The van der Waals surface area contributed by atoms with E-state index >= 15 is 0 Å². The highest BCUT2D eigenvalue weighted by atomic mass is 79.9. The van der Waals surface area contributed by atoms with Crippen molar-refractivity contribution in [3.05, 3.63) is 22.9 Å². The maximum atomic E-state index is 11.6. The van der Waals surface area contributed by atoms with Crippen LogP contribution in [0.25, 0.3) is 11.2 Å². The number of piperazine rings is 1. The van der Waals surface area contributed by atoms with Gasteiger partial charge in [-0.3, -0.25) is 9.69 Å². The minimum Gasteiger partial charge on any atom is -0.454 e. The van der Waals surface area contributed by atoms with Gasteiger partial charge in [-0.25, -0.2) is 15.0 Å². The van der Waals surface area contributed by atoms with E-state index in [9.17, 15) is 4.79 Å². The van der Waals surface area contributed by atoms with Crippen molar-refractivity contribution in [3.8, 4) is 11.5 Å². The summed E-state index contributed by atoms with van der Waals surface area (Å²) in [5.41, 5.74) is 7.39. The maximum absolute atomic E-state index is 11.6. The Labute approximate surface area is 197 Å². The third kappa shape index (κ3) is 4.09. The van der Waals surface area contributed by atoms with E-state index in [2.05, 4.69) is 35.4 Å². The van der Waals surface area contributed by atoms with Crippen LogP contribution in [0, 0.1) is 0 Å². The number of anilines is 1. The summed E-state index contributed by atoms with van der Waals surface area (Å²) in [6, 6.07) is 3.84. The van der Waals surface area contributed by atoms with Crippen LogP contribution in [-0.2, 0) is 11.3 Å². The number of amides is 1. The van der Waals surface area contributed by atoms with E-state index in [4.69, 9.17) is 20.2 Å². The fourth-order valence-electron chi connectivity index (χ4n) is 3.82. The summed E-state index contributed by atoms with van der Waals surface area (Å²) in [6.07, 6.45) is 1.46. The summed E-state index contributed by atoms with van der Waals surface area (Å²) in [7, 11) is 0. The molecule has 4 heterocycles. The molecule has 1 fully saturated rings. The minimum absolute atomic E-state index is 0.130. The quantitative estimate of drug-likeness (QED) is 0.541. The van der Waals surface area contributed by atoms with Gasteiger partial charge in [0.15, 0.2) is 33.6 Å². The first kappa shape index (κ1) is 21.3. The second kappa shape index (κ2) is 8.75. The zero-order valence-electron chi connectivity index (χ0n) is 17.5. The number of benzene rings is 1. The van der Waals surface area contributed by atoms with Crippen LogP contribution in [0.2, 0.25) is 0 Å². The summed E-state index contributed by atoms with van der Waals surface area (Å²) in [5.74, 6) is 1.91. The molecule has 1 amide bonds. The number of imidazole rings is 1. The lowest BCUT2D eigenvalue weighted by Gasteiger charge is -2.34. The molecule has 0 spiro atoms. The predicted molar refractivity (Wildman–Crippen MR) is 123 cm³/mol. The summed E-state index contributed by atoms with van der Waals surface area (Å²) in [5, 5.41) is 0.772. The Morgan fingerprint density at radius 2 is 1.91 bits per heavy atom. The Morgan fingerprint density at radius 1 is 1.16 bits per heavy atom. The molecule has 0 atom stereocenters. The molecule has 10 nitrogen and oxygen atoms in total.